The van der Waals surface area contributed by atoms with Gasteiger partial charge >= 0.3 is 6.09 Å². The van der Waals surface area contributed by atoms with Crippen molar-refractivity contribution in [2.45, 2.75) is 65.0 Å². The van der Waals surface area contributed by atoms with Gasteiger partial charge in [0, 0.05) is 28.8 Å². The Hall–Kier alpha value is -4.68. The van der Waals surface area contributed by atoms with Crippen LogP contribution in [0.1, 0.15) is 76.1 Å². The highest BCUT2D eigenvalue weighted by molar-refractivity contribution is 5.90. The Morgan fingerprint density at radius 3 is 1.81 bits per heavy atom. The molecule has 0 aliphatic heterocycles. The Morgan fingerprint density at radius 2 is 1.38 bits per heavy atom. The van der Waals surface area contributed by atoms with Crippen LogP contribution >= 0.6 is 0 Å². The lowest BCUT2D eigenvalue weighted by Gasteiger charge is -2.25. The van der Waals surface area contributed by atoms with Crippen molar-refractivity contribution < 1.29 is 19.1 Å². The first-order chi connectivity index (χ1) is 20.1. The van der Waals surface area contributed by atoms with Gasteiger partial charge in [0.2, 0.25) is 5.91 Å². The lowest BCUT2D eigenvalue weighted by Crippen LogP contribution is -2.42. The second-order valence-electron chi connectivity index (χ2n) is 11.0. The molecule has 3 rings (SSSR count). The number of alkyl carbamates (subject to hydrolysis) is 1. The molecule has 6 nitrogen and oxygen atoms in total. The van der Waals surface area contributed by atoms with E-state index in [1.54, 1.807) is 27.9 Å². The van der Waals surface area contributed by atoms with Gasteiger partial charge < -0.3 is 20.1 Å². The molecule has 0 aliphatic rings. The van der Waals surface area contributed by atoms with E-state index in [2.05, 4.69) is 29.4 Å². The molecule has 3 aromatic rings. The first-order valence-corrected chi connectivity index (χ1v) is 14.2. The van der Waals surface area contributed by atoms with Crippen LogP contribution in [-0.4, -0.2) is 31.3 Å². The number of methoxy groups -OCH3 is 1. The summed E-state index contributed by atoms with van der Waals surface area (Å²) in [6.45, 7) is 7.97. The standard InChI is InChI=1S/C36H40N2O4/c1-8-11-12-13-22-37-34(39)32(38-35(40)42-36(4,5)6)29-23-30(27-18-14-25(9-2)15-19-27)33(41-7)31(24-29)28-20-16-26(10-3)17-21-28/h2-3,14-21,23-24,32H,8,11-13,22H2,1,4-7H3,(H,37,39)(H,38,40)/t32-/m1/s1. The molecule has 0 saturated carbocycles. The van der Waals surface area contributed by atoms with Crippen LogP contribution in [0.2, 0.25) is 0 Å². The first-order valence-electron chi connectivity index (χ1n) is 14.2. The van der Waals surface area contributed by atoms with Crippen LogP contribution in [-0.2, 0) is 9.53 Å². The second kappa shape index (κ2) is 14.8. The number of rotatable bonds is 11. The van der Waals surface area contributed by atoms with Crippen molar-refractivity contribution in [2.24, 2.45) is 0 Å². The maximum atomic E-state index is 13.6. The van der Waals surface area contributed by atoms with Crippen LogP contribution in [0.4, 0.5) is 4.79 Å². The minimum absolute atomic E-state index is 0.329. The van der Waals surface area contributed by atoms with E-state index in [1.165, 1.54) is 0 Å². The van der Waals surface area contributed by atoms with Crippen molar-refractivity contribution in [3.05, 3.63) is 77.4 Å². The lowest BCUT2D eigenvalue weighted by molar-refractivity contribution is -0.123. The average Bonchev–Trinajstić information content (AvgIpc) is 2.98. The molecule has 1 atom stereocenters. The van der Waals surface area contributed by atoms with E-state index >= 15 is 0 Å². The van der Waals surface area contributed by atoms with Crippen LogP contribution < -0.4 is 15.4 Å². The summed E-state index contributed by atoms with van der Waals surface area (Å²) in [6.07, 6.45) is 14.5. The van der Waals surface area contributed by atoms with Gasteiger partial charge in [0.1, 0.15) is 17.4 Å². The van der Waals surface area contributed by atoms with Crippen molar-refractivity contribution in [3.8, 4) is 52.7 Å². The minimum Gasteiger partial charge on any atom is -0.495 e. The van der Waals surface area contributed by atoms with Crippen LogP contribution in [0.3, 0.4) is 0 Å². The van der Waals surface area contributed by atoms with E-state index in [4.69, 9.17) is 22.3 Å². The summed E-state index contributed by atoms with van der Waals surface area (Å²) >= 11 is 0. The van der Waals surface area contributed by atoms with Crippen molar-refractivity contribution in [2.75, 3.05) is 13.7 Å². The third-order valence-electron chi connectivity index (χ3n) is 6.63. The minimum atomic E-state index is -1.02. The molecule has 0 radical (unpaired) electrons. The van der Waals surface area contributed by atoms with Gasteiger partial charge in [-0.2, -0.15) is 0 Å². The molecule has 0 spiro atoms. The number of carbonyl (C=O) groups is 2. The van der Waals surface area contributed by atoms with Gasteiger partial charge in [-0.25, -0.2) is 4.79 Å². The number of ether oxygens (including phenoxy) is 2. The van der Waals surface area contributed by atoms with Crippen molar-refractivity contribution in [1.82, 2.24) is 10.6 Å². The summed E-state index contributed by atoms with van der Waals surface area (Å²) < 4.78 is 11.5. The van der Waals surface area contributed by atoms with E-state index < -0.39 is 17.7 Å². The highest BCUT2D eigenvalue weighted by Gasteiger charge is 2.28. The van der Waals surface area contributed by atoms with Crippen LogP contribution in [0.5, 0.6) is 5.75 Å². The SMILES string of the molecule is C#Cc1ccc(-c2cc([C@@H](NC(=O)OC(C)(C)C)C(=O)NCCCCCC)cc(-c3ccc(C#C)cc3)c2OC)cc1. The molecule has 0 saturated heterocycles. The van der Waals surface area contributed by atoms with Gasteiger partial charge in [-0.05, 0) is 80.3 Å². The fraction of sp³-hybridized carbons (Fsp3) is 0.333. The first kappa shape index (κ1) is 31.8. The van der Waals surface area contributed by atoms with Crippen LogP contribution in [0.25, 0.3) is 22.3 Å². The number of hydrogen-bond acceptors (Lipinski definition) is 4. The fourth-order valence-corrected chi connectivity index (χ4v) is 4.55. The third-order valence-corrected chi connectivity index (χ3v) is 6.63. The van der Waals surface area contributed by atoms with Gasteiger partial charge in [-0.15, -0.1) is 12.8 Å². The topological polar surface area (TPSA) is 76.7 Å². The summed E-state index contributed by atoms with van der Waals surface area (Å²) in [7, 11) is 1.60. The summed E-state index contributed by atoms with van der Waals surface area (Å²) in [6, 6.07) is 17.7. The zero-order valence-electron chi connectivity index (χ0n) is 25.2. The summed E-state index contributed by atoms with van der Waals surface area (Å²) in [5.74, 6) is 5.55. The Kier molecular flexibility index (Phi) is 11.2. The molecule has 2 N–H and O–H groups in total. The molecular formula is C36H40N2O4. The van der Waals surface area contributed by atoms with E-state index in [9.17, 15) is 9.59 Å². The molecule has 42 heavy (non-hydrogen) atoms. The predicted octanol–water partition coefficient (Wildman–Crippen LogP) is 7.25. The molecule has 0 fully saturated rings. The largest absolute Gasteiger partial charge is 0.495 e. The molecule has 0 unspecified atom stereocenters. The molecule has 6 heteroatoms. The van der Waals surface area contributed by atoms with Crippen molar-refractivity contribution in [3.63, 3.8) is 0 Å². The van der Waals surface area contributed by atoms with E-state index in [1.807, 2.05) is 60.7 Å². The molecule has 2 amide bonds. The smallest absolute Gasteiger partial charge is 0.408 e. The van der Waals surface area contributed by atoms with Gasteiger partial charge in [0.05, 0.1) is 7.11 Å². The highest BCUT2D eigenvalue weighted by atomic mass is 16.6. The molecule has 0 bridgehead atoms. The normalized spacial score (nSPS) is 11.5. The Labute approximate surface area is 250 Å². The Balaban J connectivity index is 2.17. The predicted molar refractivity (Wildman–Crippen MR) is 169 cm³/mol. The zero-order valence-corrected chi connectivity index (χ0v) is 25.2. The Bertz CT molecular complexity index is 1370. The van der Waals surface area contributed by atoms with Gasteiger partial charge in [0.25, 0.3) is 0 Å². The highest BCUT2D eigenvalue weighted by Crippen LogP contribution is 2.41. The van der Waals surface area contributed by atoms with Crippen molar-refractivity contribution >= 4 is 12.0 Å². The zero-order chi connectivity index (χ0) is 30.7. The van der Waals surface area contributed by atoms with Gasteiger partial charge in [-0.1, -0.05) is 62.3 Å². The third kappa shape index (κ3) is 8.66. The van der Waals surface area contributed by atoms with Crippen molar-refractivity contribution in [1.29, 1.82) is 0 Å². The second-order valence-corrected chi connectivity index (χ2v) is 11.0. The number of benzene rings is 3. The van der Waals surface area contributed by atoms with E-state index in [0.717, 1.165) is 59.1 Å². The molecule has 3 aromatic carbocycles. The molecule has 0 heterocycles. The summed E-state index contributed by atoms with van der Waals surface area (Å²) in [4.78, 5) is 26.6. The summed E-state index contributed by atoms with van der Waals surface area (Å²) in [5.41, 5.74) is 4.47. The van der Waals surface area contributed by atoms with Crippen LogP contribution in [0.15, 0.2) is 60.7 Å². The van der Waals surface area contributed by atoms with Gasteiger partial charge in [0.15, 0.2) is 0 Å². The number of nitrogens with one attached hydrogen (secondary N) is 2. The van der Waals surface area contributed by atoms with Crippen LogP contribution in [0, 0.1) is 24.7 Å². The fourth-order valence-electron chi connectivity index (χ4n) is 4.55. The lowest BCUT2D eigenvalue weighted by atomic mass is 9.91. The summed E-state index contributed by atoms with van der Waals surface area (Å²) in [5, 5.41) is 5.81. The number of carbonyl (C=O) groups excluding carboxylic acids is 2. The van der Waals surface area contributed by atoms with E-state index in [0.29, 0.717) is 17.9 Å². The average molecular weight is 565 g/mol. The number of hydrogen-bond donors (Lipinski definition) is 2. The monoisotopic (exact) mass is 564 g/mol. The molecule has 218 valence electrons. The Morgan fingerprint density at radius 1 is 0.857 bits per heavy atom. The molecule has 0 aliphatic carbocycles. The molecular weight excluding hydrogens is 524 g/mol. The number of unbranched alkanes of at least 4 members (excludes halogenated alkanes) is 3. The van der Waals surface area contributed by atoms with E-state index in [-0.39, 0.29) is 5.91 Å². The quantitative estimate of drug-likeness (QED) is 0.190. The molecule has 0 aromatic heterocycles. The maximum absolute atomic E-state index is 13.6. The van der Waals surface area contributed by atoms with Gasteiger partial charge in [-0.3, -0.25) is 4.79 Å². The number of terminal acetylenes is 2. The number of amides is 2. The maximum Gasteiger partial charge on any atom is 0.408 e.